The molecule has 14 heavy (non-hydrogen) atoms. The third-order valence-corrected chi connectivity index (χ3v) is 1.94. The minimum absolute atomic E-state index is 0. The van der Waals surface area contributed by atoms with Crippen LogP contribution in [0.4, 0.5) is 0 Å². The van der Waals surface area contributed by atoms with E-state index in [1.165, 1.54) is 0 Å². The van der Waals surface area contributed by atoms with Gasteiger partial charge in [-0.05, 0) is 19.0 Å². The van der Waals surface area contributed by atoms with Crippen molar-refractivity contribution in [2.45, 2.75) is 12.5 Å². The molecule has 1 aliphatic heterocycles. The van der Waals surface area contributed by atoms with Crippen molar-refractivity contribution >= 4 is 24.8 Å². The van der Waals surface area contributed by atoms with E-state index < -0.39 is 0 Å². The highest BCUT2D eigenvalue weighted by atomic mass is 35.5. The Bertz CT molecular complexity index is 240. The highest BCUT2D eigenvalue weighted by molar-refractivity contribution is 5.85. The van der Waals surface area contributed by atoms with Crippen LogP contribution in [-0.2, 0) is 0 Å². The first-order chi connectivity index (χ1) is 5.95. The summed E-state index contributed by atoms with van der Waals surface area (Å²) in [4.78, 5) is 4.09. The van der Waals surface area contributed by atoms with Gasteiger partial charge in [0.1, 0.15) is 6.10 Å². The van der Waals surface area contributed by atoms with Crippen LogP contribution in [0.2, 0.25) is 0 Å². The van der Waals surface area contributed by atoms with Crippen LogP contribution in [0.25, 0.3) is 0 Å². The predicted molar refractivity (Wildman–Crippen MR) is 60.6 cm³/mol. The minimum atomic E-state index is 0. The molecule has 3 nitrogen and oxygen atoms in total. The lowest BCUT2D eigenvalue weighted by Crippen LogP contribution is -2.19. The summed E-state index contributed by atoms with van der Waals surface area (Å²) in [5.41, 5.74) is 0. The van der Waals surface area contributed by atoms with E-state index in [9.17, 15) is 0 Å². The second-order valence-corrected chi connectivity index (χ2v) is 2.90. The van der Waals surface area contributed by atoms with Gasteiger partial charge in [0.2, 0.25) is 5.88 Å². The lowest BCUT2D eigenvalue weighted by atomic mass is 10.3. The fourth-order valence-corrected chi connectivity index (χ4v) is 1.32. The lowest BCUT2D eigenvalue weighted by Gasteiger charge is -2.10. The largest absolute Gasteiger partial charge is 0.473 e. The molecule has 5 heteroatoms. The van der Waals surface area contributed by atoms with Crippen molar-refractivity contribution in [3.8, 4) is 5.88 Å². The number of hydrogen-bond acceptors (Lipinski definition) is 3. The topological polar surface area (TPSA) is 34.1 Å². The number of halogens is 2. The van der Waals surface area contributed by atoms with Crippen LogP contribution < -0.4 is 10.1 Å². The molecule has 80 valence electrons. The van der Waals surface area contributed by atoms with Crippen LogP contribution in [0.1, 0.15) is 6.42 Å². The molecule has 0 aliphatic carbocycles. The molecule has 1 atom stereocenters. The van der Waals surface area contributed by atoms with E-state index >= 15 is 0 Å². The Morgan fingerprint density at radius 3 is 2.79 bits per heavy atom. The molecule has 1 aliphatic rings. The van der Waals surface area contributed by atoms with Crippen LogP contribution in [0.3, 0.4) is 0 Å². The average molecular weight is 237 g/mol. The number of pyridine rings is 1. The Hall–Kier alpha value is -0.510. The lowest BCUT2D eigenvalue weighted by molar-refractivity contribution is 0.214. The van der Waals surface area contributed by atoms with E-state index in [0.29, 0.717) is 6.10 Å². The summed E-state index contributed by atoms with van der Waals surface area (Å²) in [7, 11) is 0. The number of ether oxygens (including phenoxy) is 1. The van der Waals surface area contributed by atoms with Crippen molar-refractivity contribution in [1.82, 2.24) is 10.3 Å². The fraction of sp³-hybridized carbons (Fsp3) is 0.444. The third-order valence-electron chi connectivity index (χ3n) is 1.94. The molecule has 2 rings (SSSR count). The van der Waals surface area contributed by atoms with Gasteiger partial charge in [-0.3, -0.25) is 0 Å². The SMILES string of the molecule is Cl.Cl.c1ccc(OC2CCNC2)nc1. The normalized spacial score (nSPS) is 19.3. The van der Waals surface area contributed by atoms with Gasteiger partial charge in [0, 0.05) is 18.8 Å². The molecular formula is C9H14Cl2N2O. The number of hydrogen-bond donors (Lipinski definition) is 1. The van der Waals surface area contributed by atoms with E-state index in [-0.39, 0.29) is 24.8 Å². The van der Waals surface area contributed by atoms with Crippen molar-refractivity contribution < 1.29 is 4.74 Å². The quantitative estimate of drug-likeness (QED) is 0.849. The van der Waals surface area contributed by atoms with Gasteiger partial charge in [0.05, 0.1) is 0 Å². The molecule has 1 saturated heterocycles. The van der Waals surface area contributed by atoms with Crippen LogP contribution in [0.5, 0.6) is 5.88 Å². The maximum absolute atomic E-state index is 5.60. The molecule has 0 spiro atoms. The molecule has 0 aromatic carbocycles. The van der Waals surface area contributed by atoms with E-state index in [2.05, 4.69) is 10.3 Å². The van der Waals surface area contributed by atoms with Crippen LogP contribution in [0, 0.1) is 0 Å². The summed E-state index contributed by atoms with van der Waals surface area (Å²) in [5, 5.41) is 3.24. The molecule has 0 radical (unpaired) electrons. The Morgan fingerprint density at radius 1 is 1.36 bits per heavy atom. The maximum Gasteiger partial charge on any atom is 0.213 e. The number of nitrogens with zero attached hydrogens (tertiary/aromatic N) is 1. The van der Waals surface area contributed by atoms with Crippen LogP contribution >= 0.6 is 24.8 Å². The molecule has 0 amide bonds. The molecule has 1 unspecified atom stereocenters. The van der Waals surface area contributed by atoms with Gasteiger partial charge in [0.15, 0.2) is 0 Å². The smallest absolute Gasteiger partial charge is 0.213 e. The molecule has 0 bridgehead atoms. The predicted octanol–water partition coefficient (Wildman–Crippen LogP) is 1.67. The maximum atomic E-state index is 5.60. The Balaban J connectivity index is 0.000000845. The standard InChI is InChI=1S/C9H12N2O.2ClH/c1-2-5-11-9(3-1)12-8-4-6-10-7-8;;/h1-3,5,8,10H,4,6-7H2;2*1H. The summed E-state index contributed by atoms with van der Waals surface area (Å²) in [5.74, 6) is 0.728. The van der Waals surface area contributed by atoms with Gasteiger partial charge in [0.25, 0.3) is 0 Å². The molecule has 1 aromatic heterocycles. The molecule has 1 N–H and O–H groups in total. The van der Waals surface area contributed by atoms with E-state index in [4.69, 9.17) is 4.74 Å². The minimum Gasteiger partial charge on any atom is -0.473 e. The van der Waals surface area contributed by atoms with Gasteiger partial charge < -0.3 is 10.1 Å². The van der Waals surface area contributed by atoms with Gasteiger partial charge in [-0.15, -0.1) is 24.8 Å². The second kappa shape index (κ2) is 6.87. The van der Waals surface area contributed by atoms with Crippen LogP contribution in [-0.4, -0.2) is 24.2 Å². The second-order valence-electron chi connectivity index (χ2n) is 2.90. The van der Waals surface area contributed by atoms with Crippen LogP contribution in [0.15, 0.2) is 24.4 Å². The zero-order valence-corrected chi connectivity index (χ0v) is 9.31. The number of nitrogens with one attached hydrogen (secondary N) is 1. The molecule has 1 fully saturated rings. The zero-order valence-electron chi connectivity index (χ0n) is 7.68. The van der Waals surface area contributed by atoms with E-state index in [1.54, 1.807) is 6.20 Å². The van der Waals surface area contributed by atoms with Gasteiger partial charge in [-0.2, -0.15) is 0 Å². The Kier molecular flexibility index (Phi) is 6.62. The van der Waals surface area contributed by atoms with Crippen molar-refractivity contribution in [3.63, 3.8) is 0 Å². The first-order valence-electron chi connectivity index (χ1n) is 4.23. The first-order valence-corrected chi connectivity index (χ1v) is 4.23. The van der Waals surface area contributed by atoms with E-state index in [1.807, 2.05) is 18.2 Å². The van der Waals surface area contributed by atoms with Crippen molar-refractivity contribution in [1.29, 1.82) is 0 Å². The highest BCUT2D eigenvalue weighted by Gasteiger charge is 2.15. The zero-order chi connectivity index (χ0) is 8.23. The highest BCUT2D eigenvalue weighted by Crippen LogP contribution is 2.10. The summed E-state index contributed by atoms with van der Waals surface area (Å²) in [6.45, 7) is 1.99. The van der Waals surface area contributed by atoms with Crippen molar-refractivity contribution in [3.05, 3.63) is 24.4 Å². The number of rotatable bonds is 2. The Labute approximate surface area is 96.1 Å². The first kappa shape index (κ1) is 13.5. The summed E-state index contributed by atoms with van der Waals surface area (Å²) in [6, 6.07) is 5.71. The van der Waals surface area contributed by atoms with E-state index in [0.717, 1.165) is 25.4 Å². The monoisotopic (exact) mass is 236 g/mol. The van der Waals surface area contributed by atoms with Gasteiger partial charge >= 0.3 is 0 Å². The van der Waals surface area contributed by atoms with Crippen molar-refractivity contribution in [2.24, 2.45) is 0 Å². The summed E-state index contributed by atoms with van der Waals surface area (Å²) in [6.07, 6.45) is 3.13. The summed E-state index contributed by atoms with van der Waals surface area (Å²) < 4.78 is 5.60. The van der Waals surface area contributed by atoms with Gasteiger partial charge in [-0.1, -0.05) is 6.07 Å². The average Bonchev–Trinajstić information content (AvgIpc) is 2.59. The molecule has 1 aromatic rings. The van der Waals surface area contributed by atoms with Gasteiger partial charge in [-0.25, -0.2) is 4.98 Å². The van der Waals surface area contributed by atoms with Crippen molar-refractivity contribution in [2.75, 3.05) is 13.1 Å². The molecule has 2 heterocycles. The fourth-order valence-electron chi connectivity index (χ4n) is 1.32. The molecular weight excluding hydrogens is 223 g/mol. The third kappa shape index (κ3) is 3.70. The molecule has 0 saturated carbocycles. The number of aromatic nitrogens is 1. The summed E-state index contributed by atoms with van der Waals surface area (Å²) >= 11 is 0. The Morgan fingerprint density at radius 2 is 2.21 bits per heavy atom.